The SMILES string of the molecule is COc1cc(F)c(-n2nnc3c(OC4CCN(c5nc(C(C)C)no5)CC4)ncnc32)cn1. The van der Waals surface area contributed by atoms with Crippen LogP contribution in [0.1, 0.15) is 38.4 Å². The fourth-order valence-electron chi connectivity index (χ4n) is 3.56. The fourth-order valence-corrected chi connectivity index (χ4v) is 3.56. The van der Waals surface area contributed by atoms with Crippen LogP contribution < -0.4 is 14.4 Å². The Bertz CT molecular complexity index is 1270. The van der Waals surface area contributed by atoms with Gasteiger partial charge in [-0.25, -0.2) is 14.4 Å². The van der Waals surface area contributed by atoms with E-state index < -0.39 is 5.82 Å². The zero-order valence-electron chi connectivity index (χ0n) is 18.3. The molecule has 4 aromatic rings. The molecule has 0 atom stereocenters. The van der Waals surface area contributed by atoms with Crippen LogP contribution in [-0.4, -0.2) is 66.4 Å². The van der Waals surface area contributed by atoms with Gasteiger partial charge in [-0.3, -0.25) is 0 Å². The first-order valence-electron chi connectivity index (χ1n) is 10.5. The summed E-state index contributed by atoms with van der Waals surface area (Å²) in [6, 6.07) is 1.70. The summed E-state index contributed by atoms with van der Waals surface area (Å²) in [4.78, 5) is 19.0. The highest BCUT2D eigenvalue weighted by Gasteiger charge is 2.26. The maximum absolute atomic E-state index is 14.5. The highest BCUT2D eigenvalue weighted by atomic mass is 19.1. The minimum absolute atomic E-state index is 0.0867. The van der Waals surface area contributed by atoms with E-state index in [1.807, 2.05) is 18.7 Å². The van der Waals surface area contributed by atoms with Gasteiger partial charge in [-0.05, 0) is 0 Å². The highest BCUT2D eigenvalue weighted by Crippen LogP contribution is 2.27. The first-order valence-corrected chi connectivity index (χ1v) is 10.5. The van der Waals surface area contributed by atoms with E-state index in [2.05, 4.69) is 35.4 Å². The van der Waals surface area contributed by atoms with E-state index in [1.165, 1.54) is 30.4 Å². The molecule has 1 fully saturated rings. The van der Waals surface area contributed by atoms with Crippen molar-refractivity contribution in [3.8, 4) is 17.4 Å². The van der Waals surface area contributed by atoms with Crippen LogP contribution in [0.3, 0.4) is 0 Å². The number of fused-ring (bicyclic) bond motifs is 1. The number of hydrogen-bond acceptors (Lipinski definition) is 11. The Hall–Kier alpha value is -3.90. The standard InChI is InChI=1S/C20H22FN9O3/c1-11(2)17-25-20(33-27-17)29-6-4-12(5-7-29)32-19-16-18(23-10-24-19)30(28-26-16)14-9-22-15(31-3)8-13(14)21/h8-12H,4-7H2,1-3H3. The number of hydrogen-bond donors (Lipinski definition) is 0. The summed E-state index contributed by atoms with van der Waals surface area (Å²) < 4.78 is 32.2. The molecule has 0 bridgehead atoms. The summed E-state index contributed by atoms with van der Waals surface area (Å²) in [5.41, 5.74) is 0.751. The molecule has 0 N–H and O–H groups in total. The molecule has 1 aliphatic heterocycles. The molecule has 172 valence electrons. The van der Waals surface area contributed by atoms with E-state index in [1.54, 1.807) is 0 Å². The molecule has 13 heteroatoms. The fraction of sp³-hybridized carbons (Fsp3) is 0.450. The number of pyridine rings is 1. The van der Waals surface area contributed by atoms with Crippen molar-refractivity contribution < 1.29 is 18.4 Å². The summed E-state index contributed by atoms with van der Waals surface area (Å²) in [7, 11) is 1.42. The number of nitrogens with zero attached hydrogens (tertiary/aromatic N) is 9. The van der Waals surface area contributed by atoms with Crippen LogP contribution in [0.2, 0.25) is 0 Å². The Morgan fingerprint density at radius 2 is 2.00 bits per heavy atom. The maximum Gasteiger partial charge on any atom is 0.324 e. The van der Waals surface area contributed by atoms with Gasteiger partial charge in [-0.2, -0.15) is 14.6 Å². The molecule has 0 radical (unpaired) electrons. The second-order valence-corrected chi connectivity index (χ2v) is 7.92. The van der Waals surface area contributed by atoms with Gasteiger partial charge >= 0.3 is 6.01 Å². The molecule has 0 spiro atoms. The van der Waals surface area contributed by atoms with Crippen molar-refractivity contribution in [2.45, 2.75) is 38.7 Å². The third-order valence-electron chi connectivity index (χ3n) is 5.39. The van der Waals surface area contributed by atoms with Crippen LogP contribution in [0.5, 0.6) is 11.8 Å². The van der Waals surface area contributed by atoms with Crippen molar-refractivity contribution in [2.24, 2.45) is 0 Å². The molecule has 33 heavy (non-hydrogen) atoms. The summed E-state index contributed by atoms with van der Waals surface area (Å²) in [5, 5.41) is 12.2. The third kappa shape index (κ3) is 4.01. The molecule has 0 unspecified atom stereocenters. The minimum atomic E-state index is -0.566. The van der Waals surface area contributed by atoms with Gasteiger partial charge in [0, 0.05) is 37.9 Å². The molecular formula is C20H22FN9O3. The minimum Gasteiger partial charge on any atom is -0.481 e. The van der Waals surface area contributed by atoms with Gasteiger partial charge in [0.05, 0.1) is 13.3 Å². The molecule has 5 heterocycles. The number of halogens is 1. The first kappa shape index (κ1) is 21.0. The number of methoxy groups -OCH3 is 1. The zero-order chi connectivity index (χ0) is 22.9. The average molecular weight is 455 g/mol. The van der Waals surface area contributed by atoms with Gasteiger partial charge in [0.25, 0.3) is 0 Å². The quantitative estimate of drug-likeness (QED) is 0.424. The summed E-state index contributed by atoms with van der Waals surface area (Å²) in [6.07, 6.45) is 4.03. The number of piperidine rings is 1. The van der Waals surface area contributed by atoms with Crippen LogP contribution in [0.25, 0.3) is 16.9 Å². The van der Waals surface area contributed by atoms with Crippen LogP contribution in [-0.2, 0) is 0 Å². The second-order valence-electron chi connectivity index (χ2n) is 7.92. The average Bonchev–Trinajstić information content (AvgIpc) is 3.48. The maximum atomic E-state index is 14.5. The van der Waals surface area contributed by atoms with Crippen molar-refractivity contribution in [1.82, 2.24) is 40.1 Å². The largest absolute Gasteiger partial charge is 0.481 e. The Kier molecular flexibility index (Phi) is 5.44. The molecule has 0 aliphatic carbocycles. The monoisotopic (exact) mass is 455 g/mol. The topological polar surface area (TPSA) is 130 Å². The predicted molar refractivity (Wildman–Crippen MR) is 113 cm³/mol. The normalized spacial score (nSPS) is 14.9. The van der Waals surface area contributed by atoms with E-state index in [0.29, 0.717) is 42.0 Å². The van der Waals surface area contributed by atoms with Crippen LogP contribution in [0, 0.1) is 5.82 Å². The molecule has 0 aromatic carbocycles. The van der Waals surface area contributed by atoms with Crippen molar-refractivity contribution in [1.29, 1.82) is 0 Å². The number of anilines is 1. The Morgan fingerprint density at radius 3 is 2.70 bits per heavy atom. The molecule has 5 rings (SSSR count). The van der Waals surface area contributed by atoms with Gasteiger partial charge in [-0.1, -0.05) is 24.2 Å². The van der Waals surface area contributed by atoms with E-state index in [9.17, 15) is 4.39 Å². The molecule has 12 nitrogen and oxygen atoms in total. The van der Waals surface area contributed by atoms with Crippen molar-refractivity contribution in [3.63, 3.8) is 0 Å². The first-order chi connectivity index (χ1) is 16.0. The van der Waals surface area contributed by atoms with Crippen LogP contribution in [0.15, 0.2) is 23.1 Å². The lowest BCUT2D eigenvalue weighted by Crippen LogP contribution is -2.38. The molecule has 4 aromatic heterocycles. The molecule has 1 saturated heterocycles. The van der Waals surface area contributed by atoms with Gasteiger partial charge in [0.15, 0.2) is 22.8 Å². The van der Waals surface area contributed by atoms with Gasteiger partial charge < -0.3 is 18.9 Å². The van der Waals surface area contributed by atoms with E-state index >= 15 is 0 Å². The van der Waals surface area contributed by atoms with Crippen LogP contribution in [0.4, 0.5) is 10.4 Å². The molecule has 0 saturated carbocycles. The van der Waals surface area contributed by atoms with Crippen LogP contribution >= 0.6 is 0 Å². The number of aromatic nitrogens is 8. The summed E-state index contributed by atoms with van der Waals surface area (Å²) in [6.45, 7) is 5.45. The summed E-state index contributed by atoms with van der Waals surface area (Å²) >= 11 is 0. The number of ether oxygens (including phenoxy) is 2. The molecule has 0 amide bonds. The zero-order valence-corrected chi connectivity index (χ0v) is 18.3. The van der Waals surface area contributed by atoms with E-state index in [0.717, 1.165) is 12.8 Å². The van der Waals surface area contributed by atoms with Gasteiger partial charge in [0.1, 0.15) is 18.1 Å². The Morgan fingerprint density at radius 1 is 1.18 bits per heavy atom. The second kappa shape index (κ2) is 8.56. The Labute approximate surface area is 187 Å². The van der Waals surface area contributed by atoms with Gasteiger partial charge in [0.2, 0.25) is 11.8 Å². The van der Waals surface area contributed by atoms with Gasteiger partial charge in [-0.15, -0.1) is 5.10 Å². The van der Waals surface area contributed by atoms with Crippen molar-refractivity contribution in [2.75, 3.05) is 25.1 Å². The molecule has 1 aliphatic rings. The predicted octanol–water partition coefficient (Wildman–Crippen LogP) is 2.31. The van der Waals surface area contributed by atoms with Crippen molar-refractivity contribution in [3.05, 3.63) is 30.2 Å². The lowest BCUT2D eigenvalue weighted by molar-refractivity contribution is 0.163. The third-order valence-corrected chi connectivity index (χ3v) is 5.39. The summed E-state index contributed by atoms with van der Waals surface area (Å²) in [5.74, 6) is 0.791. The Balaban J connectivity index is 1.31. The van der Waals surface area contributed by atoms with E-state index in [4.69, 9.17) is 14.0 Å². The molecular weight excluding hydrogens is 433 g/mol. The lowest BCUT2D eigenvalue weighted by atomic mass is 10.1. The lowest BCUT2D eigenvalue weighted by Gasteiger charge is -2.30. The van der Waals surface area contributed by atoms with E-state index in [-0.39, 0.29) is 23.6 Å². The van der Waals surface area contributed by atoms with Crippen molar-refractivity contribution >= 4 is 17.2 Å². The number of rotatable bonds is 6. The smallest absolute Gasteiger partial charge is 0.324 e. The highest BCUT2D eigenvalue weighted by molar-refractivity contribution is 5.76.